The highest BCUT2D eigenvalue weighted by Crippen LogP contribution is 2.37. The van der Waals surface area contributed by atoms with E-state index in [1.54, 1.807) is 29.5 Å². The van der Waals surface area contributed by atoms with E-state index in [9.17, 15) is 0 Å². The van der Waals surface area contributed by atoms with E-state index in [1.807, 2.05) is 49.2 Å². The first kappa shape index (κ1) is 21.0. The molecule has 1 aliphatic heterocycles. The molecule has 5 aromatic rings. The third-order valence-corrected chi connectivity index (χ3v) is 6.69. The van der Waals surface area contributed by atoms with E-state index in [-0.39, 0.29) is 12.2 Å². The van der Waals surface area contributed by atoms with Gasteiger partial charge in [0.15, 0.2) is 6.10 Å². The van der Waals surface area contributed by atoms with Crippen LogP contribution in [0.2, 0.25) is 0 Å². The largest absolute Gasteiger partial charge is 0.484 e. The third-order valence-electron chi connectivity index (χ3n) is 5.89. The molecular formula is C24H22N6O3S. The Hall–Kier alpha value is -3.60. The van der Waals surface area contributed by atoms with Crippen molar-refractivity contribution in [3.63, 3.8) is 0 Å². The molecule has 1 aliphatic rings. The van der Waals surface area contributed by atoms with Crippen LogP contribution < -0.4 is 10.1 Å². The summed E-state index contributed by atoms with van der Waals surface area (Å²) in [5.74, 6) is 1.32. The maximum atomic E-state index is 6.49. The molecular weight excluding hydrogens is 452 g/mol. The molecule has 0 bridgehead atoms. The van der Waals surface area contributed by atoms with E-state index < -0.39 is 0 Å². The van der Waals surface area contributed by atoms with Gasteiger partial charge in [-0.2, -0.15) is 5.10 Å². The topological polar surface area (TPSA) is 96.2 Å². The normalized spacial score (nSPS) is 18.1. The summed E-state index contributed by atoms with van der Waals surface area (Å²) in [5.41, 5.74) is 6.43. The van der Waals surface area contributed by atoms with Crippen LogP contribution in [0.15, 0.2) is 54.6 Å². The molecule has 1 fully saturated rings. The average Bonchev–Trinajstić information content (AvgIpc) is 3.59. The minimum atomic E-state index is -0.237. The van der Waals surface area contributed by atoms with Gasteiger partial charge in [-0.05, 0) is 35.9 Å². The Morgan fingerprint density at radius 3 is 2.82 bits per heavy atom. The van der Waals surface area contributed by atoms with Crippen LogP contribution >= 0.6 is 11.3 Å². The molecule has 10 heteroatoms. The van der Waals surface area contributed by atoms with Gasteiger partial charge < -0.3 is 19.5 Å². The summed E-state index contributed by atoms with van der Waals surface area (Å²) >= 11 is 1.60. The molecule has 2 aromatic carbocycles. The highest BCUT2D eigenvalue weighted by Gasteiger charge is 2.31. The molecule has 172 valence electrons. The number of aryl methyl sites for hydroxylation is 1. The minimum absolute atomic E-state index is 0.146. The second kappa shape index (κ2) is 8.64. The van der Waals surface area contributed by atoms with E-state index in [4.69, 9.17) is 14.2 Å². The lowest BCUT2D eigenvalue weighted by Crippen LogP contribution is -2.31. The van der Waals surface area contributed by atoms with Crippen molar-refractivity contribution in [2.24, 2.45) is 7.05 Å². The zero-order chi connectivity index (χ0) is 23.1. The standard InChI is InChI=1S/C24H22N6O3S/c1-30-9-15(8-28-30)14-5-18-23(19(6-14)33-21-11-32-10-20(21)31-2)24(26-12-25-18)29-16-3-4-17-22(7-16)34-13-27-17/h3-9,12-13,20-21H,10-11H2,1-2H3,(H,25,26,29)/t20-,21-/m1/s1. The van der Waals surface area contributed by atoms with Crippen molar-refractivity contribution in [3.05, 3.63) is 54.6 Å². The van der Waals surface area contributed by atoms with Crippen molar-refractivity contribution in [1.82, 2.24) is 24.7 Å². The van der Waals surface area contributed by atoms with Crippen LogP contribution in [-0.2, 0) is 16.5 Å². The Morgan fingerprint density at radius 1 is 1.06 bits per heavy atom. The van der Waals surface area contributed by atoms with E-state index in [0.717, 1.165) is 37.9 Å². The maximum Gasteiger partial charge on any atom is 0.150 e. The molecule has 6 rings (SSSR count). The Kier molecular flexibility index (Phi) is 5.33. The number of thiazole rings is 1. The summed E-state index contributed by atoms with van der Waals surface area (Å²) in [5, 5.41) is 8.56. The van der Waals surface area contributed by atoms with Crippen LogP contribution in [-0.4, -0.2) is 57.3 Å². The van der Waals surface area contributed by atoms with E-state index >= 15 is 0 Å². The summed E-state index contributed by atoms with van der Waals surface area (Å²) in [7, 11) is 3.57. The summed E-state index contributed by atoms with van der Waals surface area (Å²) in [4.78, 5) is 13.5. The lowest BCUT2D eigenvalue weighted by molar-refractivity contribution is 0.0332. The summed E-state index contributed by atoms with van der Waals surface area (Å²) < 4.78 is 20.5. The number of benzene rings is 2. The fourth-order valence-electron chi connectivity index (χ4n) is 4.16. The second-order valence-corrected chi connectivity index (χ2v) is 9.01. The molecule has 0 unspecified atom stereocenters. The van der Waals surface area contributed by atoms with Gasteiger partial charge in [-0.15, -0.1) is 11.3 Å². The van der Waals surface area contributed by atoms with Gasteiger partial charge >= 0.3 is 0 Å². The first-order chi connectivity index (χ1) is 16.7. The second-order valence-electron chi connectivity index (χ2n) is 8.12. The number of methoxy groups -OCH3 is 1. The predicted molar refractivity (Wildman–Crippen MR) is 131 cm³/mol. The summed E-state index contributed by atoms with van der Waals surface area (Å²) in [6, 6.07) is 10.1. The summed E-state index contributed by atoms with van der Waals surface area (Å²) in [6.07, 6.45) is 4.97. The highest BCUT2D eigenvalue weighted by molar-refractivity contribution is 7.16. The molecule has 0 amide bonds. The molecule has 0 spiro atoms. The zero-order valence-electron chi connectivity index (χ0n) is 18.6. The van der Waals surface area contributed by atoms with Crippen molar-refractivity contribution in [2.45, 2.75) is 12.2 Å². The number of fused-ring (bicyclic) bond motifs is 2. The molecule has 1 saturated heterocycles. The van der Waals surface area contributed by atoms with Gasteiger partial charge in [-0.3, -0.25) is 4.68 Å². The highest BCUT2D eigenvalue weighted by atomic mass is 32.1. The van der Waals surface area contributed by atoms with Crippen LogP contribution in [0.4, 0.5) is 11.5 Å². The van der Waals surface area contributed by atoms with Crippen molar-refractivity contribution in [1.29, 1.82) is 0 Å². The maximum absolute atomic E-state index is 6.49. The molecule has 2 atom stereocenters. The van der Waals surface area contributed by atoms with Gasteiger partial charge in [-0.1, -0.05) is 0 Å². The number of nitrogens with zero attached hydrogens (tertiary/aromatic N) is 5. The van der Waals surface area contributed by atoms with Crippen molar-refractivity contribution < 1.29 is 14.2 Å². The average molecular weight is 475 g/mol. The van der Waals surface area contributed by atoms with Gasteiger partial charge in [0, 0.05) is 31.6 Å². The summed E-state index contributed by atoms with van der Waals surface area (Å²) in [6.45, 7) is 0.952. The van der Waals surface area contributed by atoms with Crippen LogP contribution in [0.3, 0.4) is 0 Å². The molecule has 3 aromatic heterocycles. The molecule has 1 N–H and O–H groups in total. The number of hydrogen-bond acceptors (Lipinski definition) is 9. The van der Waals surface area contributed by atoms with E-state index in [1.165, 1.54) is 0 Å². The van der Waals surface area contributed by atoms with Gasteiger partial charge in [-0.25, -0.2) is 15.0 Å². The number of ether oxygens (including phenoxy) is 3. The Bertz CT molecular complexity index is 1480. The van der Waals surface area contributed by atoms with Crippen LogP contribution in [0.25, 0.3) is 32.2 Å². The molecule has 34 heavy (non-hydrogen) atoms. The smallest absolute Gasteiger partial charge is 0.150 e. The van der Waals surface area contributed by atoms with Crippen molar-refractivity contribution in [3.8, 4) is 16.9 Å². The SMILES string of the molecule is CO[C@@H]1COC[C@H]1Oc1cc(-c2cnn(C)c2)cc2ncnc(Nc3ccc4ncsc4c3)c12. The molecule has 4 heterocycles. The Morgan fingerprint density at radius 2 is 1.97 bits per heavy atom. The van der Waals surface area contributed by atoms with Crippen LogP contribution in [0.5, 0.6) is 5.75 Å². The fraction of sp³-hybridized carbons (Fsp3) is 0.250. The zero-order valence-corrected chi connectivity index (χ0v) is 19.5. The number of hydrogen-bond donors (Lipinski definition) is 1. The predicted octanol–water partition coefficient (Wildman–Crippen LogP) is 4.18. The van der Waals surface area contributed by atoms with Crippen molar-refractivity contribution >= 4 is 44.0 Å². The first-order valence-corrected chi connectivity index (χ1v) is 11.7. The lowest BCUT2D eigenvalue weighted by atomic mass is 10.1. The van der Waals surface area contributed by atoms with Crippen LogP contribution in [0.1, 0.15) is 0 Å². The van der Waals surface area contributed by atoms with Crippen molar-refractivity contribution in [2.75, 3.05) is 25.6 Å². The number of anilines is 2. The molecule has 0 aliphatic carbocycles. The first-order valence-electron chi connectivity index (χ1n) is 10.8. The minimum Gasteiger partial charge on any atom is -0.484 e. The Labute approximate surface area is 199 Å². The molecule has 9 nitrogen and oxygen atoms in total. The van der Waals surface area contributed by atoms with E-state index in [0.29, 0.717) is 24.8 Å². The fourth-order valence-corrected chi connectivity index (χ4v) is 4.87. The third kappa shape index (κ3) is 3.85. The van der Waals surface area contributed by atoms with Crippen LogP contribution in [0, 0.1) is 0 Å². The van der Waals surface area contributed by atoms with Gasteiger partial charge in [0.2, 0.25) is 0 Å². The number of rotatable bonds is 6. The van der Waals surface area contributed by atoms with Gasteiger partial charge in [0.05, 0.1) is 46.0 Å². The number of aromatic nitrogens is 5. The molecule has 0 saturated carbocycles. The van der Waals surface area contributed by atoms with E-state index in [2.05, 4.69) is 31.4 Å². The lowest BCUT2D eigenvalue weighted by Gasteiger charge is -2.21. The molecule has 0 radical (unpaired) electrons. The quantitative estimate of drug-likeness (QED) is 0.392. The number of nitrogens with one attached hydrogen (secondary N) is 1. The Balaban J connectivity index is 1.47. The van der Waals surface area contributed by atoms with Gasteiger partial charge in [0.1, 0.15) is 24.0 Å². The van der Waals surface area contributed by atoms with Gasteiger partial charge in [0.25, 0.3) is 0 Å². The monoisotopic (exact) mass is 474 g/mol.